The fourth-order valence-electron chi connectivity index (χ4n) is 3.63. The first-order chi connectivity index (χ1) is 13.5. The SMILES string of the molecule is C[C@H](C(=O)N[C@H]1CC(C)(C)Oc2ccccc21)N(c1ccccc1F)S(C)(=O)=O. The van der Waals surface area contributed by atoms with Gasteiger partial charge in [0.25, 0.3) is 0 Å². The Bertz CT molecular complexity index is 1020. The molecule has 0 fully saturated rings. The number of carbonyl (C=O) groups is 1. The highest BCUT2D eigenvalue weighted by Gasteiger charge is 2.37. The molecule has 29 heavy (non-hydrogen) atoms. The Hall–Kier alpha value is -2.61. The number of carbonyl (C=O) groups excluding carboxylic acids is 1. The maximum atomic E-state index is 14.3. The Morgan fingerprint density at radius 1 is 1.21 bits per heavy atom. The van der Waals surface area contributed by atoms with Crippen molar-refractivity contribution < 1.29 is 22.3 Å². The van der Waals surface area contributed by atoms with E-state index < -0.39 is 33.4 Å². The highest BCUT2D eigenvalue weighted by Crippen LogP contribution is 2.39. The van der Waals surface area contributed by atoms with Crippen LogP contribution in [0.5, 0.6) is 5.75 Å². The number of fused-ring (bicyclic) bond motifs is 1. The van der Waals surface area contributed by atoms with E-state index in [1.165, 1.54) is 25.1 Å². The van der Waals surface area contributed by atoms with Crippen molar-refractivity contribution in [2.24, 2.45) is 0 Å². The molecule has 8 heteroatoms. The molecule has 0 bridgehead atoms. The number of ether oxygens (including phenoxy) is 1. The predicted octanol–water partition coefficient (Wildman–Crippen LogP) is 3.40. The van der Waals surface area contributed by atoms with Crippen molar-refractivity contribution in [3.05, 3.63) is 59.9 Å². The monoisotopic (exact) mass is 420 g/mol. The minimum absolute atomic E-state index is 0.162. The maximum Gasteiger partial charge on any atom is 0.244 e. The van der Waals surface area contributed by atoms with Crippen molar-refractivity contribution in [3.63, 3.8) is 0 Å². The fourth-order valence-corrected chi connectivity index (χ4v) is 4.81. The molecule has 0 aromatic heterocycles. The van der Waals surface area contributed by atoms with Crippen LogP contribution >= 0.6 is 0 Å². The van der Waals surface area contributed by atoms with Gasteiger partial charge in [-0.1, -0.05) is 30.3 Å². The van der Waals surface area contributed by atoms with Crippen molar-refractivity contribution in [1.82, 2.24) is 5.32 Å². The van der Waals surface area contributed by atoms with E-state index in [4.69, 9.17) is 4.74 Å². The van der Waals surface area contributed by atoms with Crippen molar-refractivity contribution in [2.75, 3.05) is 10.6 Å². The molecule has 1 aliphatic rings. The quantitative estimate of drug-likeness (QED) is 0.805. The van der Waals surface area contributed by atoms with Gasteiger partial charge in [0.15, 0.2) is 0 Å². The molecule has 1 N–H and O–H groups in total. The minimum atomic E-state index is -3.90. The van der Waals surface area contributed by atoms with Gasteiger partial charge in [-0.15, -0.1) is 0 Å². The Labute approximate surface area is 170 Å². The second-order valence-corrected chi connectivity index (χ2v) is 9.71. The number of amides is 1. The largest absolute Gasteiger partial charge is 0.487 e. The molecule has 0 unspecified atom stereocenters. The Morgan fingerprint density at radius 2 is 1.83 bits per heavy atom. The van der Waals surface area contributed by atoms with E-state index in [9.17, 15) is 17.6 Å². The highest BCUT2D eigenvalue weighted by molar-refractivity contribution is 7.92. The van der Waals surface area contributed by atoms with Crippen LogP contribution in [0.3, 0.4) is 0 Å². The molecule has 0 saturated carbocycles. The van der Waals surface area contributed by atoms with Gasteiger partial charge in [0.05, 0.1) is 18.0 Å². The molecule has 0 saturated heterocycles. The number of nitrogens with zero attached hydrogens (tertiary/aromatic N) is 1. The zero-order chi connectivity index (χ0) is 21.4. The molecule has 0 radical (unpaired) electrons. The summed E-state index contributed by atoms with van der Waals surface area (Å²) in [4.78, 5) is 13.0. The predicted molar refractivity (Wildman–Crippen MR) is 110 cm³/mol. The molecule has 2 aromatic rings. The summed E-state index contributed by atoms with van der Waals surface area (Å²) in [6, 6.07) is 11.4. The first-order valence-corrected chi connectivity index (χ1v) is 11.2. The molecular weight excluding hydrogens is 395 g/mol. The van der Waals surface area contributed by atoms with Gasteiger partial charge in [0.2, 0.25) is 15.9 Å². The lowest BCUT2D eigenvalue weighted by molar-refractivity contribution is -0.123. The van der Waals surface area contributed by atoms with Crippen LogP contribution in [-0.2, 0) is 14.8 Å². The van der Waals surface area contributed by atoms with Crippen molar-refractivity contribution in [1.29, 1.82) is 0 Å². The summed E-state index contributed by atoms with van der Waals surface area (Å²) >= 11 is 0. The second kappa shape index (κ2) is 7.67. The summed E-state index contributed by atoms with van der Waals surface area (Å²) in [6.07, 6.45) is 1.47. The van der Waals surface area contributed by atoms with Gasteiger partial charge in [0.1, 0.15) is 23.2 Å². The van der Waals surface area contributed by atoms with Gasteiger partial charge >= 0.3 is 0 Å². The van der Waals surface area contributed by atoms with Crippen LogP contribution in [0.25, 0.3) is 0 Å². The molecule has 0 spiro atoms. The molecule has 1 heterocycles. The first-order valence-electron chi connectivity index (χ1n) is 9.32. The van der Waals surface area contributed by atoms with Gasteiger partial charge in [-0.25, -0.2) is 12.8 Å². The zero-order valence-electron chi connectivity index (χ0n) is 16.8. The lowest BCUT2D eigenvalue weighted by Gasteiger charge is -2.38. The van der Waals surface area contributed by atoms with Crippen LogP contribution in [0.15, 0.2) is 48.5 Å². The lowest BCUT2D eigenvalue weighted by Crippen LogP contribution is -2.50. The van der Waals surface area contributed by atoms with Crippen molar-refractivity contribution >= 4 is 21.6 Å². The Kier molecular flexibility index (Phi) is 5.58. The molecular formula is C21H25FN2O4S. The maximum absolute atomic E-state index is 14.3. The molecule has 2 atom stereocenters. The topological polar surface area (TPSA) is 75.7 Å². The van der Waals surface area contributed by atoms with E-state index in [2.05, 4.69) is 5.32 Å². The van der Waals surface area contributed by atoms with Gasteiger partial charge < -0.3 is 10.1 Å². The number of sulfonamides is 1. The summed E-state index contributed by atoms with van der Waals surface area (Å²) in [6.45, 7) is 5.29. The summed E-state index contributed by atoms with van der Waals surface area (Å²) in [7, 11) is -3.90. The van der Waals surface area contributed by atoms with Gasteiger partial charge in [-0.3, -0.25) is 9.10 Å². The zero-order valence-corrected chi connectivity index (χ0v) is 17.7. The number of benzene rings is 2. The van der Waals surface area contributed by atoms with E-state index in [1.807, 2.05) is 38.1 Å². The highest BCUT2D eigenvalue weighted by atomic mass is 32.2. The Morgan fingerprint density at radius 3 is 2.48 bits per heavy atom. The van der Waals surface area contributed by atoms with Gasteiger partial charge in [-0.05, 0) is 39.0 Å². The van der Waals surface area contributed by atoms with E-state index in [0.29, 0.717) is 12.2 Å². The van der Waals surface area contributed by atoms with Gasteiger partial charge in [0, 0.05) is 12.0 Å². The van der Waals surface area contributed by atoms with Gasteiger partial charge in [-0.2, -0.15) is 0 Å². The van der Waals surface area contributed by atoms with Crippen LogP contribution in [-0.4, -0.2) is 32.2 Å². The van der Waals surface area contributed by atoms with Crippen LogP contribution in [0.1, 0.15) is 38.8 Å². The normalized spacial score (nSPS) is 18.9. The first kappa shape index (κ1) is 21.1. The summed E-state index contributed by atoms with van der Waals surface area (Å²) in [5.41, 5.74) is 0.159. The number of para-hydroxylation sites is 2. The van der Waals surface area contributed by atoms with Crippen LogP contribution in [0, 0.1) is 5.82 Å². The van der Waals surface area contributed by atoms with Crippen LogP contribution in [0.4, 0.5) is 10.1 Å². The summed E-state index contributed by atoms with van der Waals surface area (Å²) in [5.74, 6) is -0.554. The molecule has 3 rings (SSSR count). The summed E-state index contributed by atoms with van der Waals surface area (Å²) < 4.78 is 45.8. The van der Waals surface area contributed by atoms with Crippen LogP contribution in [0.2, 0.25) is 0 Å². The number of hydrogen-bond acceptors (Lipinski definition) is 4. The third kappa shape index (κ3) is 4.53. The molecule has 0 aliphatic carbocycles. The number of halogens is 1. The molecule has 1 amide bonds. The molecule has 6 nitrogen and oxygen atoms in total. The van der Waals surface area contributed by atoms with Crippen LogP contribution < -0.4 is 14.4 Å². The van der Waals surface area contributed by atoms with Crippen molar-refractivity contribution in [2.45, 2.75) is 44.9 Å². The van der Waals surface area contributed by atoms with E-state index in [1.54, 1.807) is 0 Å². The smallest absolute Gasteiger partial charge is 0.244 e. The average Bonchev–Trinajstić information content (AvgIpc) is 2.61. The standard InChI is InChI=1S/C21H25FN2O4S/c1-14(24(29(4,26)27)18-11-7-6-10-16(18)22)20(25)23-17-13-21(2,3)28-19-12-8-5-9-15(17)19/h5-12,14,17H,13H2,1-4H3,(H,23,25)/t14-,17+/m1/s1. The minimum Gasteiger partial charge on any atom is -0.487 e. The number of nitrogens with one attached hydrogen (secondary N) is 1. The number of hydrogen-bond donors (Lipinski definition) is 1. The Balaban J connectivity index is 1.90. The summed E-state index contributed by atoms with van der Waals surface area (Å²) in [5, 5.41) is 2.92. The number of anilines is 1. The van der Waals surface area contributed by atoms with E-state index in [0.717, 1.165) is 22.2 Å². The second-order valence-electron chi connectivity index (χ2n) is 7.85. The lowest BCUT2D eigenvalue weighted by atomic mass is 9.89. The fraction of sp³-hybridized carbons (Fsp3) is 0.381. The third-order valence-electron chi connectivity index (χ3n) is 4.87. The van der Waals surface area contributed by atoms with E-state index in [-0.39, 0.29) is 11.7 Å². The third-order valence-corrected chi connectivity index (χ3v) is 6.10. The van der Waals surface area contributed by atoms with Crippen molar-refractivity contribution in [3.8, 4) is 5.75 Å². The molecule has 2 aromatic carbocycles. The average molecular weight is 421 g/mol. The van der Waals surface area contributed by atoms with E-state index >= 15 is 0 Å². The number of rotatable bonds is 5. The molecule has 156 valence electrons. The molecule has 1 aliphatic heterocycles.